The van der Waals surface area contributed by atoms with Gasteiger partial charge in [-0.05, 0) is 42.5 Å². The number of rotatable bonds is 2. The summed E-state index contributed by atoms with van der Waals surface area (Å²) in [7, 11) is 0. The first kappa shape index (κ1) is 9.97. The molecule has 1 aromatic carbocycles. The maximum Gasteiger partial charge on any atom is 0.0495 e. The van der Waals surface area contributed by atoms with E-state index >= 15 is 0 Å². The SMILES string of the molecule is Cc1ccc(Cl)c2c(CCN)csc12. The van der Waals surface area contributed by atoms with Gasteiger partial charge in [0.25, 0.3) is 0 Å². The molecule has 0 atom stereocenters. The standard InChI is InChI=1S/C11H12ClNS/c1-7-2-3-9(12)10-8(4-5-13)6-14-11(7)10/h2-3,6H,4-5,13H2,1H3. The second-order valence-electron chi connectivity index (χ2n) is 3.37. The first-order chi connectivity index (χ1) is 6.74. The highest BCUT2D eigenvalue weighted by Crippen LogP contribution is 2.34. The molecule has 0 saturated carbocycles. The van der Waals surface area contributed by atoms with E-state index in [2.05, 4.69) is 18.4 Å². The Bertz CT molecular complexity index is 462. The Morgan fingerprint density at radius 2 is 2.21 bits per heavy atom. The fourth-order valence-corrected chi connectivity index (χ4v) is 3.09. The summed E-state index contributed by atoms with van der Waals surface area (Å²) < 4.78 is 1.29. The molecule has 1 heterocycles. The normalized spacial score (nSPS) is 11.1. The molecule has 2 N–H and O–H groups in total. The summed E-state index contributed by atoms with van der Waals surface area (Å²) in [6.45, 7) is 2.79. The van der Waals surface area contributed by atoms with Gasteiger partial charge in [-0.25, -0.2) is 0 Å². The van der Waals surface area contributed by atoms with E-state index in [4.69, 9.17) is 17.3 Å². The number of thiophene rings is 1. The van der Waals surface area contributed by atoms with Gasteiger partial charge in [-0.1, -0.05) is 17.7 Å². The minimum Gasteiger partial charge on any atom is -0.330 e. The van der Waals surface area contributed by atoms with Crippen molar-refractivity contribution < 1.29 is 0 Å². The summed E-state index contributed by atoms with van der Waals surface area (Å²) in [6.07, 6.45) is 0.906. The minimum absolute atomic E-state index is 0.677. The Morgan fingerprint density at radius 3 is 2.93 bits per heavy atom. The van der Waals surface area contributed by atoms with Gasteiger partial charge in [-0.2, -0.15) is 0 Å². The topological polar surface area (TPSA) is 26.0 Å². The number of hydrogen-bond donors (Lipinski definition) is 1. The predicted molar refractivity (Wildman–Crippen MR) is 64.3 cm³/mol. The molecule has 1 nitrogen and oxygen atoms in total. The summed E-state index contributed by atoms with van der Waals surface area (Å²) in [4.78, 5) is 0. The van der Waals surface area contributed by atoms with E-state index in [1.807, 2.05) is 6.07 Å². The van der Waals surface area contributed by atoms with Gasteiger partial charge in [-0.15, -0.1) is 11.3 Å². The molecule has 0 bridgehead atoms. The molecule has 0 aliphatic carbocycles. The largest absolute Gasteiger partial charge is 0.330 e. The van der Waals surface area contributed by atoms with Crippen molar-refractivity contribution in [1.29, 1.82) is 0 Å². The van der Waals surface area contributed by atoms with E-state index in [-0.39, 0.29) is 0 Å². The third kappa shape index (κ3) is 1.54. The molecule has 0 spiro atoms. The first-order valence-corrected chi connectivity index (χ1v) is 5.85. The van der Waals surface area contributed by atoms with Crippen LogP contribution in [-0.2, 0) is 6.42 Å². The average Bonchev–Trinajstić information content (AvgIpc) is 2.58. The van der Waals surface area contributed by atoms with E-state index in [1.54, 1.807) is 11.3 Å². The number of halogens is 1. The molecule has 74 valence electrons. The summed E-state index contributed by atoms with van der Waals surface area (Å²) in [5.41, 5.74) is 8.13. The fraction of sp³-hybridized carbons (Fsp3) is 0.273. The van der Waals surface area contributed by atoms with Gasteiger partial charge in [-0.3, -0.25) is 0 Å². The van der Waals surface area contributed by atoms with Crippen molar-refractivity contribution in [2.75, 3.05) is 6.54 Å². The lowest BCUT2D eigenvalue weighted by Crippen LogP contribution is -2.01. The maximum absolute atomic E-state index is 6.18. The van der Waals surface area contributed by atoms with Crippen molar-refractivity contribution in [3.05, 3.63) is 33.7 Å². The van der Waals surface area contributed by atoms with Crippen LogP contribution in [0.5, 0.6) is 0 Å². The van der Waals surface area contributed by atoms with Crippen molar-refractivity contribution in [1.82, 2.24) is 0 Å². The van der Waals surface area contributed by atoms with Gasteiger partial charge < -0.3 is 5.73 Å². The number of hydrogen-bond acceptors (Lipinski definition) is 2. The molecular weight excluding hydrogens is 214 g/mol. The number of nitrogens with two attached hydrogens (primary N) is 1. The van der Waals surface area contributed by atoms with E-state index in [0.717, 1.165) is 11.4 Å². The maximum atomic E-state index is 6.18. The van der Waals surface area contributed by atoms with Gasteiger partial charge in [0.1, 0.15) is 0 Å². The minimum atomic E-state index is 0.677. The predicted octanol–water partition coefficient (Wildman–Crippen LogP) is 3.36. The number of fused-ring (bicyclic) bond motifs is 1. The van der Waals surface area contributed by atoms with Crippen molar-refractivity contribution in [2.24, 2.45) is 5.73 Å². The van der Waals surface area contributed by atoms with Crippen molar-refractivity contribution in [2.45, 2.75) is 13.3 Å². The van der Waals surface area contributed by atoms with Crippen molar-refractivity contribution in [3.8, 4) is 0 Å². The van der Waals surface area contributed by atoms with E-state index in [9.17, 15) is 0 Å². The monoisotopic (exact) mass is 225 g/mol. The Hall–Kier alpha value is -0.570. The second kappa shape index (κ2) is 3.89. The highest BCUT2D eigenvalue weighted by atomic mass is 35.5. The van der Waals surface area contributed by atoms with Gasteiger partial charge >= 0.3 is 0 Å². The average molecular weight is 226 g/mol. The zero-order valence-electron chi connectivity index (χ0n) is 8.01. The van der Waals surface area contributed by atoms with Crippen LogP contribution in [0.15, 0.2) is 17.5 Å². The Kier molecular flexibility index (Phi) is 2.77. The molecule has 0 unspecified atom stereocenters. The molecule has 0 aliphatic heterocycles. The quantitative estimate of drug-likeness (QED) is 0.834. The lowest BCUT2D eigenvalue weighted by Gasteiger charge is -2.01. The third-order valence-corrected chi connectivity index (χ3v) is 3.84. The zero-order chi connectivity index (χ0) is 10.1. The summed E-state index contributed by atoms with van der Waals surface area (Å²) in [6, 6.07) is 4.03. The van der Waals surface area contributed by atoms with Crippen LogP contribution in [0.2, 0.25) is 5.02 Å². The molecule has 2 aromatic rings. The zero-order valence-corrected chi connectivity index (χ0v) is 9.58. The van der Waals surface area contributed by atoms with Crippen molar-refractivity contribution >= 4 is 33.0 Å². The molecular formula is C11H12ClNS. The van der Waals surface area contributed by atoms with Gasteiger partial charge in [0.15, 0.2) is 0 Å². The summed E-state index contributed by atoms with van der Waals surface area (Å²) in [5.74, 6) is 0. The van der Waals surface area contributed by atoms with Gasteiger partial charge in [0, 0.05) is 15.1 Å². The van der Waals surface area contributed by atoms with Crippen LogP contribution in [0.3, 0.4) is 0 Å². The molecule has 0 aliphatic rings. The van der Waals surface area contributed by atoms with E-state index in [1.165, 1.54) is 21.2 Å². The molecule has 0 fully saturated rings. The molecule has 14 heavy (non-hydrogen) atoms. The van der Waals surface area contributed by atoms with Crippen LogP contribution in [0.25, 0.3) is 10.1 Å². The van der Waals surface area contributed by atoms with Crippen LogP contribution in [-0.4, -0.2) is 6.54 Å². The number of aryl methyl sites for hydroxylation is 1. The smallest absolute Gasteiger partial charge is 0.0495 e. The van der Waals surface area contributed by atoms with Crippen molar-refractivity contribution in [3.63, 3.8) is 0 Å². The van der Waals surface area contributed by atoms with Crippen LogP contribution in [0.1, 0.15) is 11.1 Å². The van der Waals surface area contributed by atoms with Crippen LogP contribution < -0.4 is 5.73 Å². The molecule has 0 amide bonds. The molecule has 0 saturated heterocycles. The van der Waals surface area contributed by atoms with Crippen LogP contribution >= 0.6 is 22.9 Å². The van der Waals surface area contributed by atoms with Crippen LogP contribution in [0.4, 0.5) is 0 Å². The highest BCUT2D eigenvalue weighted by molar-refractivity contribution is 7.17. The van der Waals surface area contributed by atoms with Gasteiger partial charge in [0.05, 0.1) is 0 Å². The molecule has 2 rings (SSSR count). The molecule has 1 aromatic heterocycles. The number of benzene rings is 1. The summed E-state index contributed by atoms with van der Waals surface area (Å²) in [5, 5.41) is 4.20. The van der Waals surface area contributed by atoms with E-state index < -0.39 is 0 Å². The highest BCUT2D eigenvalue weighted by Gasteiger charge is 2.08. The van der Waals surface area contributed by atoms with E-state index in [0.29, 0.717) is 6.54 Å². The fourth-order valence-electron chi connectivity index (χ4n) is 1.64. The lowest BCUT2D eigenvalue weighted by molar-refractivity contribution is 0.981. The first-order valence-electron chi connectivity index (χ1n) is 4.59. The molecule has 0 radical (unpaired) electrons. The third-order valence-electron chi connectivity index (χ3n) is 2.36. The lowest BCUT2D eigenvalue weighted by atomic mass is 10.1. The summed E-state index contributed by atoms with van der Waals surface area (Å²) >= 11 is 7.93. The second-order valence-corrected chi connectivity index (χ2v) is 4.65. The Balaban J connectivity index is 2.70. The molecule has 3 heteroatoms. The van der Waals surface area contributed by atoms with Crippen LogP contribution in [0, 0.1) is 6.92 Å². The van der Waals surface area contributed by atoms with Gasteiger partial charge in [0.2, 0.25) is 0 Å². The Labute approximate surface area is 92.5 Å². The Morgan fingerprint density at radius 1 is 1.43 bits per heavy atom.